The molecule has 0 fully saturated rings. The van der Waals surface area contributed by atoms with E-state index in [1.807, 2.05) is 36.4 Å². The topological polar surface area (TPSA) is 23.9 Å². The number of hydrogen-bond donors (Lipinski definition) is 1. The first-order valence-electron chi connectivity index (χ1n) is 4.49. The molecule has 1 nitrogen and oxygen atoms in total. The lowest BCUT2D eigenvalue weighted by molar-refractivity contribution is 0.768. The van der Waals surface area contributed by atoms with E-state index in [4.69, 9.17) is 5.41 Å². The second kappa shape index (κ2) is 4.61. The van der Waals surface area contributed by atoms with Crippen LogP contribution in [-0.2, 0) is 0 Å². The molecule has 0 saturated heterocycles. The predicted molar refractivity (Wildman–Crippen MR) is 57.2 cm³/mol. The molecule has 0 radical (unpaired) electrons. The van der Waals surface area contributed by atoms with E-state index in [1.165, 1.54) is 0 Å². The van der Waals surface area contributed by atoms with E-state index in [1.54, 1.807) is 0 Å². The zero-order valence-corrected chi connectivity index (χ0v) is 7.96. The fraction of sp³-hybridized carbons (Fsp3) is 0.250. The molecule has 1 rings (SSSR count). The molecule has 13 heavy (non-hydrogen) atoms. The van der Waals surface area contributed by atoms with Crippen LogP contribution < -0.4 is 0 Å². The van der Waals surface area contributed by atoms with Crippen LogP contribution in [0.3, 0.4) is 0 Å². The number of benzene rings is 1. The van der Waals surface area contributed by atoms with Crippen LogP contribution in [0.2, 0.25) is 0 Å². The maximum absolute atomic E-state index is 7.82. The SMILES string of the molecule is C=CC(C)CC(=N)c1ccccc1. The minimum atomic E-state index is 0.382. The molecule has 0 saturated carbocycles. The largest absolute Gasteiger partial charge is 0.305 e. The monoisotopic (exact) mass is 173 g/mol. The van der Waals surface area contributed by atoms with Gasteiger partial charge in [0.15, 0.2) is 0 Å². The van der Waals surface area contributed by atoms with Gasteiger partial charge in [0.05, 0.1) is 0 Å². The summed E-state index contributed by atoms with van der Waals surface area (Å²) in [5.74, 6) is 0.382. The van der Waals surface area contributed by atoms with Crippen LogP contribution in [0.4, 0.5) is 0 Å². The zero-order chi connectivity index (χ0) is 9.68. The predicted octanol–water partition coefficient (Wildman–Crippen LogP) is 3.27. The molecule has 1 unspecified atom stereocenters. The lowest BCUT2D eigenvalue weighted by atomic mass is 9.99. The first-order valence-corrected chi connectivity index (χ1v) is 4.49. The van der Waals surface area contributed by atoms with Crippen molar-refractivity contribution in [3.05, 3.63) is 48.6 Å². The highest BCUT2D eigenvalue weighted by Crippen LogP contribution is 2.09. The van der Waals surface area contributed by atoms with Crippen LogP contribution in [0.25, 0.3) is 0 Å². The lowest BCUT2D eigenvalue weighted by Crippen LogP contribution is -2.03. The first kappa shape index (κ1) is 9.72. The Morgan fingerprint density at radius 1 is 1.46 bits per heavy atom. The summed E-state index contributed by atoms with van der Waals surface area (Å²) in [5, 5.41) is 7.82. The first-order chi connectivity index (χ1) is 6.24. The molecule has 1 heteroatoms. The summed E-state index contributed by atoms with van der Waals surface area (Å²) in [7, 11) is 0. The molecular formula is C12H15N. The normalized spacial score (nSPS) is 12.1. The molecule has 1 atom stereocenters. The average molecular weight is 173 g/mol. The molecular weight excluding hydrogens is 158 g/mol. The molecule has 1 aromatic rings. The average Bonchev–Trinajstić information content (AvgIpc) is 2.19. The van der Waals surface area contributed by atoms with E-state index in [9.17, 15) is 0 Å². The van der Waals surface area contributed by atoms with Gasteiger partial charge in [0, 0.05) is 5.71 Å². The van der Waals surface area contributed by atoms with E-state index >= 15 is 0 Å². The van der Waals surface area contributed by atoms with E-state index < -0.39 is 0 Å². The Balaban J connectivity index is 2.64. The van der Waals surface area contributed by atoms with Gasteiger partial charge in [-0.2, -0.15) is 0 Å². The quantitative estimate of drug-likeness (QED) is 0.533. The lowest BCUT2D eigenvalue weighted by Gasteiger charge is -2.06. The van der Waals surface area contributed by atoms with E-state index in [0.29, 0.717) is 11.6 Å². The Hall–Kier alpha value is -1.37. The van der Waals surface area contributed by atoms with Crippen molar-refractivity contribution in [2.75, 3.05) is 0 Å². The van der Waals surface area contributed by atoms with Crippen LogP contribution in [0, 0.1) is 11.3 Å². The van der Waals surface area contributed by atoms with Crippen LogP contribution in [-0.4, -0.2) is 5.71 Å². The van der Waals surface area contributed by atoms with Crippen molar-refractivity contribution in [3.63, 3.8) is 0 Å². The summed E-state index contributed by atoms with van der Waals surface area (Å²) in [6, 6.07) is 9.83. The summed E-state index contributed by atoms with van der Waals surface area (Å²) >= 11 is 0. The van der Waals surface area contributed by atoms with Gasteiger partial charge in [-0.3, -0.25) is 0 Å². The number of allylic oxidation sites excluding steroid dienone is 1. The number of hydrogen-bond acceptors (Lipinski definition) is 1. The van der Waals surface area contributed by atoms with E-state index in [-0.39, 0.29) is 0 Å². The van der Waals surface area contributed by atoms with Crippen LogP contribution in [0.5, 0.6) is 0 Å². The second-order valence-electron chi connectivity index (χ2n) is 3.26. The fourth-order valence-corrected chi connectivity index (χ4v) is 1.16. The van der Waals surface area contributed by atoms with Gasteiger partial charge in [-0.1, -0.05) is 43.3 Å². The van der Waals surface area contributed by atoms with Gasteiger partial charge in [-0.15, -0.1) is 6.58 Å². The number of nitrogens with one attached hydrogen (secondary N) is 1. The van der Waals surface area contributed by atoms with Crippen molar-refractivity contribution >= 4 is 5.71 Å². The third-order valence-corrected chi connectivity index (χ3v) is 2.05. The van der Waals surface area contributed by atoms with Crippen molar-refractivity contribution in [2.45, 2.75) is 13.3 Å². The molecule has 0 aromatic heterocycles. The molecule has 0 aliphatic heterocycles. The molecule has 0 amide bonds. The zero-order valence-electron chi connectivity index (χ0n) is 7.96. The Morgan fingerprint density at radius 3 is 2.62 bits per heavy atom. The van der Waals surface area contributed by atoms with Crippen molar-refractivity contribution in [2.24, 2.45) is 5.92 Å². The van der Waals surface area contributed by atoms with Crippen LogP contribution in [0.1, 0.15) is 18.9 Å². The molecule has 68 valence electrons. The van der Waals surface area contributed by atoms with Gasteiger partial charge in [-0.25, -0.2) is 0 Å². The van der Waals surface area contributed by atoms with Gasteiger partial charge >= 0.3 is 0 Å². The minimum Gasteiger partial charge on any atom is -0.305 e. The van der Waals surface area contributed by atoms with Crippen molar-refractivity contribution < 1.29 is 0 Å². The third-order valence-electron chi connectivity index (χ3n) is 2.05. The van der Waals surface area contributed by atoms with Crippen LogP contribution >= 0.6 is 0 Å². The molecule has 0 spiro atoms. The Bertz CT molecular complexity index is 287. The molecule has 0 bridgehead atoms. The molecule has 1 N–H and O–H groups in total. The van der Waals surface area contributed by atoms with E-state index in [2.05, 4.69) is 13.5 Å². The highest BCUT2D eigenvalue weighted by atomic mass is 14.4. The third kappa shape index (κ3) is 2.86. The standard InChI is InChI=1S/C12H15N/c1-3-10(2)9-12(13)11-7-5-4-6-8-11/h3-8,10,13H,1,9H2,2H3. The van der Waals surface area contributed by atoms with Gasteiger partial charge in [0.2, 0.25) is 0 Å². The molecule has 1 aromatic carbocycles. The van der Waals surface area contributed by atoms with Crippen molar-refractivity contribution in [1.82, 2.24) is 0 Å². The van der Waals surface area contributed by atoms with E-state index in [0.717, 1.165) is 12.0 Å². The van der Waals surface area contributed by atoms with Gasteiger partial charge < -0.3 is 5.41 Å². The Morgan fingerprint density at radius 2 is 2.08 bits per heavy atom. The summed E-state index contributed by atoms with van der Waals surface area (Å²) in [5.41, 5.74) is 1.70. The molecule has 0 heterocycles. The van der Waals surface area contributed by atoms with Crippen molar-refractivity contribution in [3.8, 4) is 0 Å². The summed E-state index contributed by atoms with van der Waals surface area (Å²) in [6.07, 6.45) is 2.66. The minimum absolute atomic E-state index is 0.382. The second-order valence-corrected chi connectivity index (χ2v) is 3.26. The van der Waals surface area contributed by atoms with Crippen molar-refractivity contribution in [1.29, 1.82) is 5.41 Å². The maximum Gasteiger partial charge on any atom is 0.0391 e. The van der Waals surface area contributed by atoms with Gasteiger partial charge in [-0.05, 0) is 17.9 Å². The Labute approximate surface area is 79.6 Å². The summed E-state index contributed by atoms with van der Waals surface area (Å²) in [4.78, 5) is 0. The Kier molecular flexibility index (Phi) is 3.44. The van der Waals surface area contributed by atoms with Gasteiger partial charge in [0.25, 0.3) is 0 Å². The highest BCUT2D eigenvalue weighted by molar-refractivity contribution is 5.98. The summed E-state index contributed by atoms with van der Waals surface area (Å²) in [6.45, 7) is 5.78. The van der Waals surface area contributed by atoms with Gasteiger partial charge in [0.1, 0.15) is 0 Å². The summed E-state index contributed by atoms with van der Waals surface area (Å²) < 4.78 is 0. The maximum atomic E-state index is 7.82. The smallest absolute Gasteiger partial charge is 0.0391 e. The molecule has 0 aliphatic rings. The molecule has 0 aliphatic carbocycles. The fourth-order valence-electron chi connectivity index (χ4n) is 1.16. The highest BCUT2D eigenvalue weighted by Gasteiger charge is 2.03. The van der Waals surface area contributed by atoms with Crippen LogP contribution in [0.15, 0.2) is 43.0 Å². The number of rotatable bonds is 4.